The Morgan fingerprint density at radius 1 is 1.40 bits per heavy atom. The molecule has 15 heavy (non-hydrogen) atoms. The molecule has 0 aromatic heterocycles. The van der Waals surface area contributed by atoms with Crippen LogP contribution in [0.25, 0.3) is 0 Å². The van der Waals surface area contributed by atoms with Gasteiger partial charge in [-0.15, -0.1) is 0 Å². The normalized spacial score (nSPS) is 15.1. The van der Waals surface area contributed by atoms with Crippen molar-refractivity contribution in [3.63, 3.8) is 0 Å². The van der Waals surface area contributed by atoms with Gasteiger partial charge in [-0.1, -0.05) is 32.9 Å². The van der Waals surface area contributed by atoms with Crippen molar-refractivity contribution in [2.75, 3.05) is 7.11 Å². The minimum Gasteiger partial charge on any atom is -0.497 e. The lowest BCUT2D eigenvalue weighted by molar-refractivity contribution is -0.0141. The van der Waals surface area contributed by atoms with Crippen molar-refractivity contribution in [3.8, 4) is 5.75 Å². The zero-order valence-corrected chi connectivity index (χ0v) is 9.95. The van der Waals surface area contributed by atoms with Crippen LogP contribution >= 0.6 is 0 Å². The summed E-state index contributed by atoms with van der Waals surface area (Å²) in [7, 11) is 1.64. The molecule has 0 heterocycles. The van der Waals surface area contributed by atoms with E-state index in [4.69, 9.17) is 4.74 Å². The molecule has 0 spiro atoms. The van der Waals surface area contributed by atoms with Gasteiger partial charge >= 0.3 is 0 Å². The molecule has 0 radical (unpaired) electrons. The summed E-state index contributed by atoms with van der Waals surface area (Å²) in [5.74, 6) is 0.981. The van der Waals surface area contributed by atoms with E-state index in [1.807, 2.05) is 45.0 Å². The first-order valence-electron chi connectivity index (χ1n) is 5.41. The van der Waals surface area contributed by atoms with Gasteiger partial charge in [0.25, 0.3) is 0 Å². The highest BCUT2D eigenvalue weighted by atomic mass is 16.5. The second kappa shape index (κ2) is 4.67. The summed E-state index contributed by atoms with van der Waals surface area (Å²) in [6, 6.07) is 7.66. The van der Waals surface area contributed by atoms with Gasteiger partial charge in [0, 0.05) is 0 Å². The van der Waals surface area contributed by atoms with Gasteiger partial charge in [0.1, 0.15) is 5.75 Å². The van der Waals surface area contributed by atoms with Crippen molar-refractivity contribution >= 4 is 0 Å². The molecule has 2 nitrogen and oxygen atoms in total. The van der Waals surface area contributed by atoms with Gasteiger partial charge in [-0.25, -0.2) is 0 Å². The summed E-state index contributed by atoms with van der Waals surface area (Å²) in [5.41, 5.74) is 0.175. The van der Waals surface area contributed by atoms with Crippen LogP contribution in [-0.2, 0) is 5.60 Å². The van der Waals surface area contributed by atoms with Crippen molar-refractivity contribution in [1.29, 1.82) is 0 Å². The van der Waals surface area contributed by atoms with E-state index in [0.29, 0.717) is 6.42 Å². The summed E-state index contributed by atoms with van der Waals surface area (Å²) >= 11 is 0. The molecule has 0 unspecified atom stereocenters. The molecule has 0 bridgehead atoms. The van der Waals surface area contributed by atoms with Crippen molar-refractivity contribution in [1.82, 2.24) is 0 Å². The van der Waals surface area contributed by atoms with Crippen molar-refractivity contribution < 1.29 is 9.84 Å². The van der Waals surface area contributed by atoms with Gasteiger partial charge < -0.3 is 9.84 Å². The van der Waals surface area contributed by atoms with E-state index in [2.05, 4.69) is 0 Å². The van der Waals surface area contributed by atoms with Gasteiger partial charge in [0.05, 0.1) is 12.7 Å². The van der Waals surface area contributed by atoms with Crippen LogP contribution in [0, 0.1) is 5.92 Å². The van der Waals surface area contributed by atoms with Crippen molar-refractivity contribution in [3.05, 3.63) is 29.8 Å². The van der Waals surface area contributed by atoms with E-state index >= 15 is 0 Å². The molecular formula is C13H20O2. The summed E-state index contributed by atoms with van der Waals surface area (Å²) < 4.78 is 5.16. The Labute approximate surface area is 91.9 Å². The average molecular weight is 208 g/mol. The molecule has 1 N–H and O–H groups in total. The van der Waals surface area contributed by atoms with Gasteiger partial charge in [0.15, 0.2) is 0 Å². The summed E-state index contributed by atoms with van der Waals surface area (Å²) in [4.78, 5) is 0. The molecule has 1 atom stereocenters. The molecule has 1 rings (SSSR count). The third-order valence-corrected chi connectivity index (χ3v) is 3.06. The zero-order valence-electron chi connectivity index (χ0n) is 9.95. The highest BCUT2D eigenvalue weighted by molar-refractivity contribution is 5.32. The van der Waals surface area contributed by atoms with Gasteiger partial charge in [0.2, 0.25) is 0 Å². The third kappa shape index (κ3) is 2.32. The van der Waals surface area contributed by atoms with Crippen LogP contribution < -0.4 is 4.74 Å². The Kier molecular flexibility index (Phi) is 3.75. The first kappa shape index (κ1) is 12.1. The maximum atomic E-state index is 10.5. The molecule has 1 aromatic rings. The van der Waals surface area contributed by atoms with E-state index in [0.717, 1.165) is 11.3 Å². The first-order valence-corrected chi connectivity index (χ1v) is 5.41. The number of rotatable bonds is 4. The van der Waals surface area contributed by atoms with E-state index in [-0.39, 0.29) is 5.92 Å². The van der Waals surface area contributed by atoms with Crippen LogP contribution in [0.4, 0.5) is 0 Å². The second-order valence-electron chi connectivity index (χ2n) is 4.16. The number of ether oxygens (including phenoxy) is 1. The Morgan fingerprint density at radius 3 is 2.53 bits per heavy atom. The summed E-state index contributed by atoms with van der Waals surface area (Å²) in [6.45, 7) is 6.06. The molecule has 0 saturated heterocycles. The molecule has 0 amide bonds. The minimum atomic E-state index is -0.755. The minimum absolute atomic E-state index is 0.189. The molecule has 84 valence electrons. The quantitative estimate of drug-likeness (QED) is 0.824. The van der Waals surface area contributed by atoms with Crippen LogP contribution in [0.1, 0.15) is 32.8 Å². The lowest BCUT2D eigenvalue weighted by Gasteiger charge is -2.31. The Bertz CT molecular complexity index is 320. The molecule has 0 fully saturated rings. The van der Waals surface area contributed by atoms with Crippen molar-refractivity contribution in [2.45, 2.75) is 32.8 Å². The molecule has 0 saturated carbocycles. The van der Waals surface area contributed by atoms with Crippen LogP contribution in [-0.4, -0.2) is 12.2 Å². The Morgan fingerprint density at radius 2 is 2.07 bits per heavy atom. The fourth-order valence-corrected chi connectivity index (χ4v) is 1.84. The molecule has 0 aliphatic rings. The lowest BCUT2D eigenvalue weighted by atomic mass is 9.81. The largest absolute Gasteiger partial charge is 0.497 e. The predicted octanol–water partition coefficient (Wildman–Crippen LogP) is 2.95. The van der Waals surface area contributed by atoms with Gasteiger partial charge in [-0.05, 0) is 30.0 Å². The van der Waals surface area contributed by atoms with Gasteiger partial charge in [-0.2, -0.15) is 0 Å². The number of hydrogen-bond donors (Lipinski definition) is 1. The maximum absolute atomic E-state index is 10.5. The molecule has 2 heteroatoms. The highest BCUT2D eigenvalue weighted by Gasteiger charge is 2.31. The number of aliphatic hydroxyl groups is 1. The lowest BCUT2D eigenvalue weighted by Crippen LogP contribution is -2.31. The number of benzene rings is 1. The van der Waals surface area contributed by atoms with Crippen molar-refractivity contribution in [2.24, 2.45) is 5.92 Å². The number of hydrogen-bond acceptors (Lipinski definition) is 2. The first-order chi connectivity index (χ1) is 7.04. The van der Waals surface area contributed by atoms with E-state index in [9.17, 15) is 5.11 Å². The fourth-order valence-electron chi connectivity index (χ4n) is 1.84. The van der Waals surface area contributed by atoms with Crippen LogP contribution in [0.2, 0.25) is 0 Å². The van der Waals surface area contributed by atoms with Gasteiger partial charge in [-0.3, -0.25) is 0 Å². The third-order valence-electron chi connectivity index (χ3n) is 3.06. The zero-order chi connectivity index (χ0) is 11.5. The monoisotopic (exact) mass is 208 g/mol. The van der Waals surface area contributed by atoms with E-state index in [1.165, 1.54) is 0 Å². The van der Waals surface area contributed by atoms with Crippen LogP contribution in [0.5, 0.6) is 5.75 Å². The topological polar surface area (TPSA) is 29.5 Å². The summed E-state index contributed by atoms with van der Waals surface area (Å²) in [5, 5.41) is 10.5. The number of methoxy groups -OCH3 is 1. The summed E-state index contributed by atoms with van der Waals surface area (Å²) in [6.07, 6.45) is 0.706. The predicted molar refractivity (Wildman–Crippen MR) is 62.0 cm³/mol. The fraction of sp³-hybridized carbons (Fsp3) is 0.538. The molecule has 0 aliphatic heterocycles. The highest BCUT2D eigenvalue weighted by Crippen LogP contribution is 2.34. The average Bonchev–Trinajstić information content (AvgIpc) is 2.27. The Hall–Kier alpha value is -1.02. The van der Waals surface area contributed by atoms with E-state index < -0.39 is 5.60 Å². The smallest absolute Gasteiger partial charge is 0.119 e. The van der Waals surface area contributed by atoms with E-state index in [1.54, 1.807) is 7.11 Å². The maximum Gasteiger partial charge on any atom is 0.119 e. The molecule has 0 aliphatic carbocycles. The second-order valence-corrected chi connectivity index (χ2v) is 4.16. The van der Waals surface area contributed by atoms with Crippen LogP contribution in [0.15, 0.2) is 24.3 Å². The van der Waals surface area contributed by atoms with Crippen LogP contribution in [0.3, 0.4) is 0 Å². The SMILES string of the molecule is CC[C@@](O)(c1cccc(OC)c1)C(C)C. The molecular weight excluding hydrogens is 188 g/mol. The standard InChI is InChI=1S/C13H20O2/c1-5-13(14,10(2)3)11-7-6-8-12(9-11)15-4/h6-10,14H,5H2,1-4H3/t13-/m0/s1. The Balaban J connectivity index is 3.12. The molecule has 1 aromatic carbocycles.